The number of aromatic nitrogens is 2. The molecule has 4 aromatic rings. The van der Waals surface area contributed by atoms with Gasteiger partial charge in [0.2, 0.25) is 0 Å². The zero-order valence-corrected chi connectivity index (χ0v) is 15.5. The van der Waals surface area contributed by atoms with Crippen LogP contribution < -0.4 is 4.74 Å². The Morgan fingerprint density at radius 2 is 2.04 bits per heavy atom. The molecule has 2 aromatic heterocycles. The standard InChI is InChI=1S/C23H19FN2O2/c1-28-20-10-9-13(11-15(20)24)12-18-23-21(14-5-2-3-6-16(14)26-23)22-17(25-18)7-4-8-19(22)27/h2-3,5-6,9-11,26H,4,7-8,12H2,1H3. The van der Waals surface area contributed by atoms with Gasteiger partial charge in [-0.1, -0.05) is 24.3 Å². The number of rotatable bonds is 3. The molecule has 2 heterocycles. The van der Waals surface area contributed by atoms with Crippen LogP contribution in [0.25, 0.3) is 21.8 Å². The van der Waals surface area contributed by atoms with E-state index in [0.717, 1.165) is 57.2 Å². The van der Waals surface area contributed by atoms with Crippen LogP contribution in [0.3, 0.4) is 0 Å². The number of H-pyrrole nitrogens is 1. The SMILES string of the molecule is COc1ccc(Cc2nc3c(c4c2[nH]c2ccccc24)C(=O)CCC3)cc1F. The van der Waals surface area contributed by atoms with Gasteiger partial charge in [-0.3, -0.25) is 9.78 Å². The van der Waals surface area contributed by atoms with Crippen LogP contribution >= 0.6 is 0 Å². The third-order valence-electron chi connectivity index (χ3n) is 5.49. The van der Waals surface area contributed by atoms with Crippen molar-refractivity contribution in [3.8, 4) is 5.75 Å². The van der Waals surface area contributed by atoms with E-state index in [-0.39, 0.29) is 17.3 Å². The van der Waals surface area contributed by atoms with Gasteiger partial charge in [-0.05, 0) is 36.6 Å². The number of fused-ring (bicyclic) bond motifs is 5. The van der Waals surface area contributed by atoms with Crippen molar-refractivity contribution >= 4 is 27.6 Å². The van der Waals surface area contributed by atoms with Crippen LogP contribution in [0.5, 0.6) is 5.75 Å². The summed E-state index contributed by atoms with van der Waals surface area (Å²) in [6, 6.07) is 13.0. The fourth-order valence-electron chi connectivity index (χ4n) is 4.20. The first-order chi connectivity index (χ1) is 13.7. The smallest absolute Gasteiger partial charge is 0.165 e. The minimum Gasteiger partial charge on any atom is -0.494 e. The second-order valence-corrected chi connectivity index (χ2v) is 7.22. The zero-order valence-electron chi connectivity index (χ0n) is 15.5. The topological polar surface area (TPSA) is 55.0 Å². The summed E-state index contributed by atoms with van der Waals surface area (Å²) in [5.74, 6) is -0.00456. The first kappa shape index (κ1) is 16.9. The highest BCUT2D eigenvalue weighted by Gasteiger charge is 2.25. The first-order valence-corrected chi connectivity index (χ1v) is 9.43. The van der Waals surface area contributed by atoms with E-state index >= 15 is 0 Å². The molecule has 0 saturated carbocycles. The summed E-state index contributed by atoms with van der Waals surface area (Å²) in [5, 5.41) is 1.99. The van der Waals surface area contributed by atoms with Gasteiger partial charge in [0.15, 0.2) is 17.3 Å². The van der Waals surface area contributed by atoms with Gasteiger partial charge in [-0.25, -0.2) is 4.39 Å². The molecule has 5 heteroatoms. The van der Waals surface area contributed by atoms with E-state index in [1.165, 1.54) is 13.2 Å². The lowest BCUT2D eigenvalue weighted by Crippen LogP contribution is -2.14. The van der Waals surface area contributed by atoms with Crippen molar-refractivity contribution in [2.24, 2.45) is 0 Å². The molecular weight excluding hydrogens is 355 g/mol. The third-order valence-corrected chi connectivity index (χ3v) is 5.49. The summed E-state index contributed by atoms with van der Waals surface area (Å²) in [6.07, 6.45) is 2.65. The fourth-order valence-corrected chi connectivity index (χ4v) is 4.20. The summed E-state index contributed by atoms with van der Waals surface area (Å²) in [4.78, 5) is 21.0. The summed E-state index contributed by atoms with van der Waals surface area (Å²) < 4.78 is 19.2. The highest BCUT2D eigenvalue weighted by molar-refractivity contribution is 6.19. The van der Waals surface area contributed by atoms with E-state index in [9.17, 15) is 9.18 Å². The molecule has 0 bridgehead atoms. The maximum atomic E-state index is 14.2. The van der Waals surface area contributed by atoms with E-state index in [1.807, 2.05) is 30.3 Å². The van der Waals surface area contributed by atoms with Gasteiger partial charge in [-0.2, -0.15) is 0 Å². The first-order valence-electron chi connectivity index (χ1n) is 9.43. The van der Waals surface area contributed by atoms with Crippen molar-refractivity contribution in [1.29, 1.82) is 0 Å². The maximum Gasteiger partial charge on any atom is 0.165 e. The highest BCUT2D eigenvalue weighted by atomic mass is 19.1. The lowest BCUT2D eigenvalue weighted by atomic mass is 9.90. The second-order valence-electron chi connectivity index (χ2n) is 7.22. The molecule has 0 aliphatic heterocycles. The molecule has 5 rings (SSSR count). The number of benzene rings is 2. The van der Waals surface area contributed by atoms with E-state index in [0.29, 0.717) is 12.8 Å². The third kappa shape index (κ3) is 2.58. The number of carbonyl (C=O) groups excluding carboxylic acids is 1. The number of carbonyl (C=O) groups is 1. The summed E-state index contributed by atoms with van der Waals surface area (Å²) in [6.45, 7) is 0. The van der Waals surface area contributed by atoms with E-state index in [2.05, 4.69) is 4.98 Å². The Morgan fingerprint density at radius 3 is 2.86 bits per heavy atom. The normalized spacial score (nSPS) is 13.9. The van der Waals surface area contributed by atoms with Crippen LogP contribution in [0.1, 0.15) is 40.2 Å². The monoisotopic (exact) mass is 374 g/mol. The quantitative estimate of drug-likeness (QED) is 0.551. The molecule has 0 fully saturated rings. The molecule has 0 saturated heterocycles. The van der Waals surface area contributed by atoms with Crippen LogP contribution in [-0.4, -0.2) is 22.9 Å². The Morgan fingerprint density at radius 1 is 1.18 bits per heavy atom. The Balaban J connectivity index is 1.74. The van der Waals surface area contributed by atoms with Gasteiger partial charge in [0, 0.05) is 34.7 Å². The lowest BCUT2D eigenvalue weighted by Gasteiger charge is -2.17. The van der Waals surface area contributed by atoms with Crippen LogP contribution in [0, 0.1) is 5.82 Å². The fraction of sp³-hybridized carbons (Fsp3) is 0.217. The molecule has 0 atom stereocenters. The van der Waals surface area contributed by atoms with Gasteiger partial charge >= 0.3 is 0 Å². The van der Waals surface area contributed by atoms with Crippen LogP contribution in [0.15, 0.2) is 42.5 Å². The minimum atomic E-state index is -0.388. The number of ketones is 1. The van der Waals surface area contributed by atoms with Crippen molar-refractivity contribution in [2.45, 2.75) is 25.7 Å². The molecule has 1 aliphatic carbocycles. The molecule has 140 valence electrons. The number of hydrogen-bond donors (Lipinski definition) is 1. The Bertz CT molecular complexity index is 1240. The van der Waals surface area contributed by atoms with Crippen LogP contribution in [-0.2, 0) is 12.8 Å². The Labute approximate surface area is 161 Å². The number of ether oxygens (including phenoxy) is 1. The molecule has 0 amide bonds. The van der Waals surface area contributed by atoms with Crippen molar-refractivity contribution in [3.63, 3.8) is 0 Å². The largest absolute Gasteiger partial charge is 0.494 e. The van der Waals surface area contributed by atoms with Crippen molar-refractivity contribution in [2.75, 3.05) is 7.11 Å². The minimum absolute atomic E-state index is 0.158. The summed E-state index contributed by atoms with van der Waals surface area (Å²) >= 11 is 0. The molecule has 0 spiro atoms. The second kappa shape index (κ2) is 6.44. The van der Waals surface area contributed by atoms with Crippen LogP contribution in [0.4, 0.5) is 4.39 Å². The number of aromatic amines is 1. The Hall–Kier alpha value is -3.21. The average Bonchev–Trinajstić information content (AvgIpc) is 3.08. The van der Waals surface area contributed by atoms with Gasteiger partial charge in [-0.15, -0.1) is 0 Å². The van der Waals surface area contributed by atoms with Crippen molar-refractivity contribution < 1.29 is 13.9 Å². The molecular formula is C23H19FN2O2. The van der Waals surface area contributed by atoms with E-state index < -0.39 is 0 Å². The predicted octanol–water partition coefficient (Wildman–Crippen LogP) is 4.97. The maximum absolute atomic E-state index is 14.2. The van der Waals surface area contributed by atoms with Gasteiger partial charge < -0.3 is 9.72 Å². The summed E-state index contributed by atoms with van der Waals surface area (Å²) in [7, 11) is 1.45. The number of aryl methyl sites for hydroxylation is 1. The molecule has 2 aromatic carbocycles. The predicted molar refractivity (Wildman–Crippen MR) is 107 cm³/mol. The number of nitrogens with zero attached hydrogens (tertiary/aromatic N) is 1. The van der Waals surface area contributed by atoms with Gasteiger partial charge in [0.1, 0.15) is 0 Å². The number of para-hydroxylation sites is 1. The van der Waals surface area contributed by atoms with Gasteiger partial charge in [0.25, 0.3) is 0 Å². The van der Waals surface area contributed by atoms with Crippen molar-refractivity contribution in [3.05, 3.63) is 70.8 Å². The molecule has 1 aliphatic rings. The molecule has 28 heavy (non-hydrogen) atoms. The van der Waals surface area contributed by atoms with Gasteiger partial charge in [0.05, 0.1) is 24.0 Å². The number of Topliss-reactive ketones (excluding diaryl/α,β-unsaturated/α-hetero) is 1. The summed E-state index contributed by atoms with van der Waals surface area (Å²) in [5.41, 5.74) is 5.11. The number of pyridine rings is 1. The van der Waals surface area contributed by atoms with Crippen LogP contribution in [0.2, 0.25) is 0 Å². The average molecular weight is 374 g/mol. The number of methoxy groups -OCH3 is 1. The number of hydrogen-bond acceptors (Lipinski definition) is 3. The molecule has 1 N–H and O–H groups in total. The van der Waals surface area contributed by atoms with E-state index in [1.54, 1.807) is 6.07 Å². The Kier molecular flexibility index (Phi) is 3.90. The highest BCUT2D eigenvalue weighted by Crippen LogP contribution is 2.35. The zero-order chi connectivity index (χ0) is 19.3. The number of nitrogens with one attached hydrogen (secondary N) is 1. The molecule has 4 nitrogen and oxygen atoms in total. The number of halogens is 1. The molecule has 0 radical (unpaired) electrons. The van der Waals surface area contributed by atoms with Crippen molar-refractivity contribution in [1.82, 2.24) is 9.97 Å². The lowest BCUT2D eigenvalue weighted by molar-refractivity contribution is 0.0973. The molecule has 0 unspecified atom stereocenters. The van der Waals surface area contributed by atoms with E-state index in [4.69, 9.17) is 9.72 Å².